The van der Waals surface area contributed by atoms with Crippen molar-refractivity contribution in [1.29, 1.82) is 0 Å². The lowest BCUT2D eigenvalue weighted by atomic mass is 10.1. The molecule has 0 heterocycles. The minimum absolute atomic E-state index is 0.617. The van der Waals surface area contributed by atoms with Crippen LogP contribution in [0.4, 0.5) is 5.69 Å². The third kappa shape index (κ3) is 5.19. The highest BCUT2D eigenvalue weighted by Gasteiger charge is 2.18. The summed E-state index contributed by atoms with van der Waals surface area (Å²) in [5, 5.41) is 12.4. The number of anilines is 1. The van der Waals surface area contributed by atoms with Crippen LogP contribution in [-0.4, -0.2) is 44.9 Å². The molecule has 0 radical (unpaired) electrons. The third-order valence-corrected chi connectivity index (χ3v) is 3.01. The molecule has 0 aliphatic carbocycles. The van der Waals surface area contributed by atoms with E-state index in [9.17, 15) is 9.90 Å². The standard InChI is InChI=1S/C15H24N2O3/c1-4-20-11-5-10-16-14(15(18)19)12-6-8-13(9-7-12)17(2)3/h6-9,14,16H,4-5,10-11H2,1-3H3,(H,18,19). The maximum Gasteiger partial charge on any atom is 0.325 e. The molecule has 1 aromatic carbocycles. The van der Waals surface area contributed by atoms with Gasteiger partial charge in [-0.05, 0) is 37.6 Å². The van der Waals surface area contributed by atoms with Gasteiger partial charge in [0, 0.05) is 33.0 Å². The fourth-order valence-electron chi connectivity index (χ4n) is 1.88. The summed E-state index contributed by atoms with van der Waals surface area (Å²) in [5.74, 6) is -0.862. The van der Waals surface area contributed by atoms with Crippen molar-refractivity contribution < 1.29 is 14.6 Å². The highest BCUT2D eigenvalue weighted by Crippen LogP contribution is 2.18. The molecule has 1 aromatic rings. The van der Waals surface area contributed by atoms with E-state index in [2.05, 4.69) is 5.32 Å². The van der Waals surface area contributed by atoms with Crippen molar-refractivity contribution in [3.63, 3.8) is 0 Å². The molecule has 112 valence electrons. The highest BCUT2D eigenvalue weighted by atomic mass is 16.5. The minimum atomic E-state index is -0.862. The zero-order valence-corrected chi connectivity index (χ0v) is 12.4. The molecule has 0 amide bonds. The van der Waals surface area contributed by atoms with Gasteiger partial charge in [0.15, 0.2) is 0 Å². The van der Waals surface area contributed by atoms with Crippen LogP contribution >= 0.6 is 0 Å². The lowest BCUT2D eigenvalue weighted by molar-refractivity contribution is -0.139. The molecule has 20 heavy (non-hydrogen) atoms. The Balaban J connectivity index is 2.59. The van der Waals surface area contributed by atoms with Gasteiger partial charge in [-0.15, -0.1) is 0 Å². The van der Waals surface area contributed by atoms with E-state index in [1.165, 1.54) is 0 Å². The fraction of sp³-hybridized carbons (Fsp3) is 0.533. The SMILES string of the molecule is CCOCCCNC(C(=O)O)c1ccc(N(C)C)cc1. The Kier molecular flexibility index (Phi) is 7.04. The molecule has 2 N–H and O–H groups in total. The van der Waals surface area contributed by atoms with E-state index in [0.717, 1.165) is 17.7 Å². The van der Waals surface area contributed by atoms with E-state index < -0.39 is 12.0 Å². The quantitative estimate of drug-likeness (QED) is 0.676. The second-order valence-corrected chi connectivity index (χ2v) is 4.76. The summed E-state index contributed by atoms with van der Waals surface area (Å²) >= 11 is 0. The maximum absolute atomic E-state index is 11.3. The Morgan fingerprint density at radius 1 is 1.35 bits per heavy atom. The molecule has 1 atom stereocenters. The number of hydrogen-bond acceptors (Lipinski definition) is 4. The van der Waals surface area contributed by atoms with Gasteiger partial charge in [-0.2, -0.15) is 0 Å². The van der Waals surface area contributed by atoms with Crippen molar-refractivity contribution in [2.24, 2.45) is 0 Å². The topological polar surface area (TPSA) is 61.8 Å². The predicted octanol–water partition coefficient (Wildman–Crippen LogP) is 1.89. The number of hydrogen-bond donors (Lipinski definition) is 2. The largest absolute Gasteiger partial charge is 0.480 e. The van der Waals surface area contributed by atoms with Gasteiger partial charge in [0.25, 0.3) is 0 Å². The number of carbonyl (C=O) groups is 1. The zero-order valence-electron chi connectivity index (χ0n) is 12.4. The molecule has 0 aromatic heterocycles. The first-order valence-corrected chi connectivity index (χ1v) is 6.87. The molecule has 5 nitrogen and oxygen atoms in total. The predicted molar refractivity (Wildman–Crippen MR) is 80.3 cm³/mol. The van der Waals surface area contributed by atoms with Crippen LogP contribution in [0, 0.1) is 0 Å². The monoisotopic (exact) mass is 280 g/mol. The van der Waals surface area contributed by atoms with Crippen molar-refractivity contribution in [3.8, 4) is 0 Å². The van der Waals surface area contributed by atoms with Gasteiger partial charge >= 0.3 is 5.97 Å². The highest BCUT2D eigenvalue weighted by molar-refractivity contribution is 5.75. The summed E-state index contributed by atoms with van der Waals surface area (Å²) in [6, 6.07) is 6.88. The molecule has 0 fully saturated rings. The molecule has 0 aliphatic heterocycles. The summed E-state index contributed by atoms with van der Waals surface area (Å²) in [4.78, 5) is 13.3. The van der Waals surface area contributed by atoms with Crippen molar-refractivity contribution in [1.82, 2.24) is 5.32 Å². The number of nitrogens with zero attached hydrogens (tertiary/aromatic N) is 1. The van der Waals surface area contributed by atoms with Gasteiger partial charge in [0.05, 0.1) is 0 Å². The van der Waals surface area contributed by atoms with Gasteiger partial charge < -0.3 is 20.1 Å². The Hall–Kier alpha value is -1.59. The fourth-order valence-corrected chi connectivity index (χ4v) is 1.88. The molecular weight excluding hydrogens is 256 g/mol. The summed E-state index contributed by atoms with van der Waals surface area (Å²) in [5.41, 5.74) is 1.81. The number of benzene rings is 1. The number of rotatable bonds is 9. The average molecular weight is 280 g/mol. The van der Waals surface area contributed by atoms with Crippen molar-refractivity contribution in [3.05, 3.63) is 29.8 Å². The first kappa shape index (κ1) is 16.5. The third-order valence-electron chi connectivity index (χ3n) is 3.01. The molecule has 1 unspecified atom stereocenters. The summed E-state index contributed by atoms with van der Waals surface area (Å²) < 4.78 is 5.23. The Bertz CT molecular complexity index is 404. The van der Waals surface area contributed by atoms with Crippen molar-refractivity contribution in [2.45, 2.75) is 19.4 Å². The molecule has 0 bridgehead atoms. The molecule has 0 aliphatic rings. The maximum atomic E-state index is 11.3. The van der Waals surface area contributed by atoms with Gasteiger partial charge in [-0.1, -0.05) is 12.1 Å². The van der Waals surface area contributed by atoms with Crippen LogP contribution in [0.2, 0.25) is 0 Å². The Labute approximate surface area is 120 Å². The van der Waals surface area contributed by atoms with Crippen molar-refractivity contribution in [2.75, 3.05) is 38.8 Å². The normalized spacial score (nSPS) is 12.2. The molecule has 0 saturated carbocycles. The van der Waals surface area contributed by atoms with Crippen LogP contribution in [0.15, 0.2) is 24.3 Å². The second-order valence-electron chi connectivity index (χ2n) is 4.76. The number of carboxylic acid groups (broad SMARTS) is 1. The second kappa shape index (κ2) is 8.55. The number of ether oxygens (including phenoxy) is 1. The van der Waals surface area contributed by atoms with Gasteiger partial charge in [-0.25, -0.2) is 0 Å². The first-order valence-electron chi connectivity index (χ1n) is 6.87. The Morgan fingerprint density at radius 3 is 2.50 bits per heavy atom. The van der Waals surface area contributed by atoms with Crippen LogP contribution in [0.5, 0.6) is 0 Å². The van der Waals surface area contributed by atoms with Crippen LogP contribution in [0.3, 0.4) is 0 Å². The van der Waals surface area contributed by atoms with E-state index in [1.807, 2.05) is 50.2 Å². The summed E-state index contributed by atoms with van der Waals surface area (Å²) in [6.45, 7) is 3.90. The summed E-state index contributed by atoms with van der Waals surface area (Å²) in [6.07, 6.45) is 0.799. The number of aliphatic carboxylic acids is 1. The smallest absolute Gasteiger partial charge is 0.325 e. The molecule has 0 saturated heterocycles. The zero-order chi connectivity index (χ0) is 15.0. The van der Waals surface area contributed by atoms with Crippen LogP contribution in [0.1, 0.15) is 24.9 Å². The number of nitrogens with one attached hydrogen (secondary N) is 1. The van der Waals surface area contributed by atoms with Gasteiger partial charge in [-0.3, -0.25) is 4.79 Å². The molecule has 5 heteroatoms. The van der Waals surface area contributed by atoms with E-state index in [-0.39, 0.29) is 0 Å². The van der Waals surface area contributed by atoms with E-state index in [1.54, 1.807) is 0 Å². The number of carboxylic acids is 1. The van der Waals surface area contributed by atoms with Gasteiger partial charge in [0.2, 0.25) is 0 Å². The van der Waals surface area contributed by atoms with E-state index in [4.69, 9.17) is 4.74 Å². The van der Waals surface area contributed by atoms with E-state index >= 15 is 0 Å². The Morgan fingerprint density at radius 2 is 2.00 bits per heavy atom. The van der Waals surface area contributed by atoms with Gasteiger partial charge in [0.1, 0.15) is 6.04 Å². The molecule has 0 spiro atoms. The van der Waals surface area contributed by atoms with Crippen LogP contribution in [0.25, 0.3) is 0 Å². The molecule has 1 rings (SSSR count). The minimum Gasteiger partial charge on any atom is -0.480 e. The summed E-state index contributed by atoms with van der Waals surface area (Å²) in [7, 11) is 3.91. The van der Waals surface area contributed by atoms with Crippen molar-refractivity contribution >= 4 is 11.7 Å². The lowest BCUT2D eigenvalue weighted by Gasteiger charge is -2.17. The van der Waals surface area contributed by atoms with E-state index in [0.29, 0.717) is 19.8 Å². The lowest BCUT2D eigenvalue weighted by Crippen LogP contribution is -2.29. The first-order chi connectivity index (χ1) is 9.56. The van der Waals surface area contributed by atoms with Crippen LogP contribution in [-0.2, 0) is 9.53 Å². The molecular formula is C15H24N2O3. The van der Waals surface area contributed by atoms with Crippen LogP contribution < -0.4 is 10.2 Å². The average Bonchev–Trinajstić information content (AvgIpc) is 2.42.